The lowest BCUT2D eigenvalue weighted by Crippen LogP contribution is -2.16. The van der Waals surface area contributed by atoms with E-state index in [1.807, 2.05) is 24.3 Å². The Morgan fingerprint density at radius 1 is 1.12 bits per heavy atom. The summed E-state index contributed by atoms with van der Waals surface area (Å²) in [6, 6.07) is 7.71. The molecule has 0 radical (unpaired) electrons. The summed E-state index contributed by atoms with van der Waals surface area (Å²) in [6.45, 7) is 8.41. The van der Waals surface area contributed by atoms with Gasteiger partial charge in [-0.1, -0.05) is 48.8 Å². The van der Waals surface area contributed by atoms with E-state index in [0.717, 1.165) is 16.6 Å². The van der Waals surface area contributed by atoms with Gasteiger partial charge < -0.3 is 14.0 Å². The third-order valence-corrected chi connectivity index (χ3v) is 4.17. The highest BCUT2D eigenvalue weighted by Gasteiger charge is 2.27. The van der Waals surface area contributed by atoms with Crippen LogP contribution in [0.1, 0.15) is 58.0 Å². The van der Waals surface area contributed by atoms with Crippen molar-refractivity contribution in [2.45, 2.75) is 46.3 Å². The van der Waals surface area contributed by atoms with Gasteiger partial charge in [0, 0.05) is 11.6 Å². The number of halogens is 1. The minimum absolute atomic E-state index is 0.188. The molecular formula is C18H25BrN2O3. The van der Waals surface area contributed by atoms with E-state index in [0.29, 0.717) is 17.6 Å². The Bertz CT molecular complexity index is 625. The number of hydrogen-bond acceptors (Lipinski definition) is 5. The number of aromatic nitrogens is 2. The van der Waals surface area contributed by atoms with E-state index in [2.05, 4.69) is 53.8 Å². The summed E-state index contributed by atoms with van der Waals surface area (Å²) in [7, 11) is 1.66. The molecule has 1 aromatic heterocycles. The fourth-order valence-electron chi connectivity index (χ4n) is 2.37. The van der Waals surface area contributed by atoms with Crippen LogP contribution < -0.4 is 4.74 Å². The molecule has 2 rings (SSSR count). The van der Waals surface area contributed by atoms with E-state index in [9.17, 15) is 0 Å². The Morgan fingerprint density at radius 2 is 1.79 bits per heavy atom. The highest BCUT2D eigenvalue weighted by atomic mass is 79.9. The minimum atomic E-state index is -0.278. The zero-order valence-electron chi connectivity index (χ0n) is 14.8. The summed E-state index contributed by atoms with van der Waals surface area (Å²) in [4.78, 5) is 4.53. The predicted octanol–water partition coefficient (Wildman–Crippen LogP) is 5.34. The first-order valence-electron chi connectivity index (χ1n) is 8.19. The monoisotopic (exact) mass is 396 g/mol. The van der Waals surface area contributed by atoms with Crippen LogP contribution in [0.5, 0.6) is 5.75 Å². The second kappa shape index (κ2) is 8.62. The van der Waals surface area contributed by atoms with Gasteiger partial charge in [0.25, 0.3) is 5.89 Å². The molecule has 2 atom stereocenters. The number of benzene rings is 1. The molecule has 0 aliphatic carbocycles. The van der Waals surface area contributed by atoms with Gasteiger partial charge in [0.1, 0.15) is 11.9 Å². The summed E-state index contributed by atoms with van der Waals surface area (Å²) >= 11 is 3.42. The number of nitrogens with zero attached hydrogens (tertiary/aromatic N) is 2. The number of rotatable bonds is 8. The van der Waals surface area contributed by atoms with Crippen LogP contribution in [0.4, 0.5) is 0 Å². The maximum Gasteiger partial charge on any atom is 0.255 e. The molecule has 1 heterocycles. The first-order valence-corrected chi connectivity index (χ1v) is 8.98. The minimum Gasteiger partial charge on any atom is -0.482 e. The number of methoxy groups -OCH3 is 1. The zero-order valence-corrected chi connectivity index (χ0v) is 16.4. The summed E-state index contributed by atoms with van der Waals surface area (Å²) in [6.07, 6.45) is 0.366. The molecule has 0 bridgehead atoms. The predicted molar refractivity (Wildman–Crippen MR) is 95.9 cm³/mol. The first-order chi connectivity index (χ1) is 11.4. The average Bonchev–Trinajstić information content (AvgIpc) is 3.00. The van der Waals surface area contributed by atoms with E-state index in [-0.39, 0.29) is 18.1 Å². The van der Waals surface area contributed by atoms with Crippen molar-refractivity contribution in [1.29, 1.82) is 0 Å². The smallest absolute Gasteiger partial charge is 0.255 e. The van der Waals surface area contributed by atoms with E-state index in [1.54, 1.807) is 7.11 Å². The molecule has 1 aromatic carbocycles. The van der Waals surface area contributed by atoms with Gasteiger partial charge in [-0.15, -0.1) is 0 Å². The molecule has 2 unspecified atom stereocenters. The van der Waals surface area contributed by atoms with Crippen LogP contribution in [0.3, 0.4) is 0 Å². The lowest BCUT2D eigenvalue weighted by atomic mass is 10.1. The average molecular weight is 397 g/mol. The third kappa shape index (κ3) is 5.05. The van der Waals surface area contributed by atoms with E-state index in [1.165, 1.54) is 0 Å². The van der Waals surface area contributed by atoms with E-state index >= 15 is 0 Å². The second-order valence-corrected chi connectivity index (χ2v) is 7.50. The van der Waals surface area contributed by atoms with Crippen molar-refractivity contribution in [3.05, 3.63) is 40.5 Å². The molecule has 0 N–H and O–H groups in total. The maximum atomic E-state index is 6.08. The summed E-state index contributed by atoms with van der Waals surface area (Å²) in [5.41, 5.74) is 0. The normalized spacial score (nSPS) is 14.2. The molecule has 0 aliphatic heterocycles. The third-order valence-electron chi connectivity index (χ3n) is 3.64. The van der Waals surface area contributed by atoms with Crippen LogP contribution >= 0.6 is 15.9 Å². The molecule has 24 heavy (non-hydrogen) atoms. The highest BCUT2D eigenvalue weighted by Crippen LogP contribution is 2.30. The Hall–Kier alpha value is -1.40. The summed E-state index contributed by atoms with van der Waals surface area (Å²) < 4.78 is 18.0. The van der Waals surface area contributed by atoms with Crippen LogP contribution in [-0.2, 0) is 4.74 Å². The molecule has 0 spiro atoms. The van der Waals surface area contributed by atoms with Crippen LogP contribution in [-0.4, -0.2) is 17.3 Å². The van der Waals surface area contributed by atoms with Gasteiger partial charge in [0.05, 0.1) is 0 Å². The SMILES string of the molecule is COC(CC(C)C)c1nc(C(Oc2ccc(Br)cc2)C(C)C)no1. The number of hydrogen-bond donors (Lipinski definition) is 0. The van der Waals surface area contributed by atoms with Crippen molar-refractivity contribution in [1.82, 2.24) is 10.1 Å². The fourth-order valence-corrected chi connectivity index (χ4v) is 2.63. The van der Waals surface area contributed by atoms with Gasteiger partial charge in [-0.2, -0.15) is 4.98 Å². The molecule has 0 amide bonds. The molecule has 0 fully saturated rings. The van der Waals surface area contributed by atoms with Gasteiger partial charge in [0.15, 0.2) is 6.10 Å². The molecule has 132 valence electrons. The van der Waals surface area contributed by atoms with Gasteiger partial charge in [-0.25, -0.2) is 0 Å². The molecular weight excluding hydrogens is 372 g/mol. The Kier molecular flexibility index (Phi) is 6.80. The van der Waals surface area contributed by atoms with Crippen LogP contribution in [0.15, 0.2) is 33.3 Å². The second-order valence-electron chi connectivity index (χ2n) is 6.58. The van der Waals surface area contributed by atoms with Crippen molar-refractivity contribution in [2.24, 2.45) is 11.8 Å². The van der Waals surface area contributed by atoms with Gasteiger partial charge in [-0.3, -0.25) is 0 Å². The standard InChI is InChI=1S/C18H25BrN2O3/c1-11(2)10-15(22-5)18-20-17(21-24-18)16(12(3)4)23-14-8-6-13(19)7-9-14/h6-9,11-12,15-16H,10H2,1-5H3. The topological polar surface area (TPSA) is 57.4 Å². The van der Waals surface area contributed by atoms with Crippen molar-refractivity contribution in [3.63, 3.8) is 0 Å². The quantitative estimate of drug-likeness (QED) is 0.602. The van der Waals surface area contributed by atoms with E-state index < -0.39 is 0 Å². The molecule has 6 heteroatoms. The van der Waals surface area contributed by atoms with Crippen molar-refractivity contribution < 1.29 is 14.0 Å². The summed E-state index contributed by atoms with van der Waals surface area (Å²) in [5.74, 6) is 2.50. The highest BCUT2D eigenvalue weighted by molar-refractivity contribution is 9.10. The molecule has 0 saturated heterocycles. The first kappa shape index (κ1) is 18.9. The van der Waals surface area contributed by atoms with Gasteiger partial charge in [-0.05, 0) is 42.5 Å². The lowest BCUT2D eigenvalue weighted by Gasteiger charge is -2.19. The summed E-state index contributed by atoms with van der Waals surface area (Å²) in [5, 5.41) is 4.13. The van der Waals surface area contributed by atoms with Crippen molar-refractivity contribution in [3.8, 4) is 5.75 Å². The van der Waals surface area contributed by atoms with Crippen LogP contribution in [0.2, 0.25) is 0 Å². The number of ether oxygens (including phenoxy) is 2. The Morgan fingerprint density at radius 3 is 2.33 bits per heavy atom. The zero-order chi connectivity index (χ0) is 17.7. The molecule has 5 nitrogen and oxygen atoms in total. The van der Waals surface area contributed by atoms with Crippen LogP contribution in [0, 0.1) is 11.8 Å². The fraction of sp³-hybridized carbons (Fsp3) is 0.556. The van der Waals surface area contributed by atoms with Crippen molar-refractivity contribution in [2.75, 3.05) is 7.11 Å². The maximum absolute atomic E-state index is 6.08. The van der Waals surface area contributed by atoms with Gasteiger partial charge in [0.2, 0.25) is 5.82 Å². The molecule has 2 aromatic rings. The Balaban J connectivity index is 2.18. The Labute approximate surface area is 151 Å². The largest absolute Gasteiger partial charge is 0.482 e. The van der Waals surface area contributed by atoms with Crippen LogP contribution in [0.25, 0.3) is 0 Å². The lowest BCUT2D eigenvalue weighted by molar-refractivity contribution is 0.0567. The van der Waals surface area contributed by atoms with Gasteiger partial charge >= 0.3 is 0 Å². The molecule has 0 aliphatic rings. The molecule has 0 saturated carbocycles. The van der Waals surface area contributed by atoms with Crippen molar-refractivity contribution >= 4 is 15.9 Å². The van der Waals surface area contributed by atoms with E-state index in [4.69, 9.17) is 14.0 Å².